The first-order valence-electron chi connectivity index (χ1n) is 8.97. The fourth-order valence-corrected chi connectivity index (χ4v) is 9.21. The third-order valence-electron chi connectivity index (χ3n) is 6.54. The van der Waals surface area contributed by atoms with Gasteiger partial charge in [0.05, 0.1) is 0 Å². The van der Waals surface area contributed by atoms with Gasteiger partial charge in [-0.2, -0.15) is 0 Å². The number of fused-ring (bicyclic) bond motifs is 2. The average Bonchev–Trinajstić information content (AvgIpc) is 3.41. The molecule has 3 N–H and O–H groups in total. The molecule has 1 radical (unpaired) electrons. The number of halogens is 7. The molecule has 13 heteroatoms. The molecular weight excluding hydrogens is 612 g/mol. The molecule has 0 aromatic rings. The van der Waals surface area contributed by atoms with Crippen LogP contribution in [0.5, 0.6) is 0 Å². The molecule has 2 aliphatic heterocycles. The first kappa shape index (κ1) is 23.8. The van der Waals surface area contributed by atoms with Crippen LogP contribution >= 0.6 is 20.4 Å². The summed E-state index contributed by atoms with van der Waals surface area (Å²) < 4.78 is 90.4. The van der Waals surface area contributed by atoms with Gasteiger partial charge in [-0.1, -0.05) is 0 Å². The van der Waals surface area contributed by atoms with Crippen LogP contribution in [0, 0.1) is 23.7 Å². The van der Waals surface area contributed by atoms with Gasteiger partial charge in [0.1, 0.15) is 0 Å². The first-order valence-corrected chi connectivity index (χ1v) is 12.2. The summed E-state index contributed by atoms with van der Waals surface area (Å²) in [4.78, 5) is 12.3. The predicted octanol–water partition coefficient (Wildman–Crippen LogP) is 3.37. The van der Waals surface area contributed by atoms with Crippen LogP contribution in [0.3, 0.4) is 0 Å². The van der Waals surface area contributed by atoms with Gasteiger partial charge in [-0.15, -0.1) is 0 Å². The van der Waals surface area contributed by atoms with Crippen LogP contribution in [-0.2, 0) is 29.0 Å². The summed E-state index contributed by atoms with van der Waals surface area (Å²) in [6, 6.07) is 0. The molecule has 4 aliphatic rings. The van der Waals surface area contributed by atoms with Crippen molar-refractivity contribution in [1.82, 2.24) is 7.06 Å². The largest absolute Gasteiger partial charge is 0 e. The normalized spacial score (nSPS) is 33.9. The van der Waals surface area contributed by atoms with E-state index in [0.717, 1.165) is 0 Å². The van der Waals surface area contributed by atoms with Crippen molar-refractivity contribution >= 4 is 26.3 Å². The van der Waals surface area contributed by atoms with E-state index in [1.54, 1.807) is 6.92 Å². The Hall–Kier alpha value is 0.153. The molecule has 2 heterocycles. The summed E-state index contributed by atoms with van der Waals surface area (Å²) in [5.74, 6) is -2.59. The van der Waals surface area contributed by atoms with Gasteiger partial charge in [0, 0.05) is 19.5 Å². The Morgan fingerprint density at radius 1 is 1.10 bits per heavy atom. The van der Waals surface area contributed by atoms with Gasteiger partial charge in [-0.3, -0.25) is 0 Å². The molecule has 0 amide bonds. The number of carbonyl (C=O) groups is 1. The molecule has 2 aliphatic carbocycles. The van der Waals surface area contributed by atoms with Crippen LogP contribution in [0.1, 0.15) is 39.0 Å². The molecule has 29 heavy (non-hydrogen) atoms. The van der Waals surface area contributed by atoms with Gasteiger partial charge in [0.2, 0.25) is 0 Å². The van der Waals surface area contributed by atoms with E-state index in [-0.39, 0.29) is 41.9 Å². The smallest absolute Gasteiger partial charge is 0 e. The van der Waals surface area contributed by atoms with Gasteiger partial charge in [0.25, 0.3) is 0 Å². The Balaban J connectivity index is 0.00000240. The summed E-state index contributed by atoms with van der Waals surface area (Å²) in [6.45, 7) is 1.67. The van der Waals surface area contributed by atoms with Crippen LogP contribution in [0.25, 0.3) is 0 Å². The van der Waals surface area contributed by atoms with E-state index in [9.17, 15) is 36.2 Å². The zero-order valence-electron chi connectivity index (χ0n) is 15.1. The minimum Gasteiger partial charge on any atom is 0 e. The molecule has 0 aromatic heterocycles. The zero-order valence-corrected chi connectivity index (χ0v) is 18.9. The zero-order chi connectivity index (χ0) is 20.7. The Labute approximate surface area is 183 Å². The number of esters is 1. The number of aliphatic hydroxyl groups is 1. The fraction of sp³-hybridized carbons (Fsp3) is 0.875. The van der Waals surface area contributed by atoms with Crippen molar-refractivity contribution < 1.29 is 60.5 Å². The van der Waals surface area contributed by atoms with Crippen LogP contribution in [0.15, 0.2) is 0 Å². The van der Waals surface area contributed by atoms with Crippen molar-refractivity contribution in [1.29, 1.82) is 0 Å². The van der Waals surface area contributed by atoms with E-state index < -0.39 is 68.7 Å². The second-order valence-corrected chi connectivity index (χ2v) is 12.3. The standard InChI is InChI=1S/C16H20F6IN2O3.Rh/c1-7(14-23(24-14)25-14)12(26)28-11-5-2-8-6-9(3-4-10(8)11)13(27,15(17,18)19)16(20,21)22;/h8-11,24-25,27H,2-6H2,1H3;/q-1;. The summed E-state index contributed by atoms with van der Waals surface area (Å²) in [6.07, 6.45) is -12.1. The number of rotatable bonds is 4. The van der Waals surface area contributed by atoms with Gasteiger partial charge in [0.15, 0.2) is 0 Å². The van der Waals surface area contributed by atoms with Crippen LogP contribution < -0.4 is 7.06 Å². The van der Waals surface area contributed by atoms with Crippen molar-refractivity contribution in [3.8, 4) is 0 Å². The summed E-state index contributed by atoms with van der Waals surface area (Å²) in [5.41, 5.74) is -4.71. The number of hydrogen-bond donors (Lipinski definition) is 3. The molecule has 0 spiro atoms. The quantitative estimate of drug-likeness (QED) is 0.0510. The maximum absolute atomic E-state index is 13.1. The first-order chi connectivity index (χ1) is 12.8. The van der Waals surface area contributed by atoms with Gasteiger partial charge < -0.3 is 0 Å². The Kier molecular flexibility index (Phi) is 6.03. The molecule has 2 saturated carbocycles. The van der Waals surface area contributed by atoms with E-state index in [2.05, 4.69) is 7.06 Å². The number of hydrogen-bond acceptors (Lipinski definition) is 5. The maximum atomic E-state index is 13.1. The second kappa shape index (κ2) is 7.35. The summed E-state index contributed by atoms with van der Waals surface area (Å²) >= 11 is -1.35. The Bertz CT molecular complexity index is 658. The summed E-state index contributed by atoms with van der Waals surface area (Å²) in [7, 11) is 0. The van der Waals surface area contributed by atoms with Crippen molar-refractivity contribution in [2.75, 3.05) is 0 Å². The number of alkyl halides is 7. The predicted molar refractivity (Wildman–Crippen MR) is 92.4 cm³/mol. The van der Waals surface area contributed by atoms with Gasteiger partial charge >= 0.3 is 165 Å². The van der Waals surface area contributed by atoms with E-state index >= 15 is 0 Å². The Morgan fingerprint density at radius 3 is 2.14 bits per heavy atom. The van der Waals surface area contributed by atoms with Gasteiger partial charge in [-0.05, 0) is 0 Å². The third-order valence-corrected chi connectivity index (χ3v) is 11.1. The average molecular weight is 632 g/mol. The fourth-order valence-electron chi connectivity index (χ4n) is 4.73. The molecule has 4 rings (SSSR count). The Morgan fingerprint density at radius 2 is 1.66 bits per heavy atom. The van der Waals surface area contributed by atoms with E-state index in [1.165, 1.54) is 0 Å². The van der Waals surface area contributed by atoms with E-state index in [1.807, 2.05) is 0 Å². The number of nitrogens with one attached hydrogen (secondary N) is 2. The minimum absolute atomic E-state index is 0. The molecule has 0 aromatic carbocycles. The third kappa shape index (κ3) is 3.70. The van der Waals surface area contributed by atoms with Crippen molar-refractivity contribution in [2.24, 2.45) is 17.8 Å². The molecule has 5 nitrogen and oxygen atoms in total. The van der Waals surface area contributed by atoms with Crippen molar-refractivity contribution in [3.05, 3.63) is 5.92 Å². The molecule has 171 valence electrons. The van der Waals surface area contributed by atoms with E-state index in [4.69, 9.17) is 4.74 Å². The number of ether oxygens (including phenoxy) is 1. The molecule has 4 fully saturated rings. The molecule has 4 unspecified atom stereocenters. The van der Waals surface area contributed by atoms with Gasteiger partial charge in [-0.25, -0.2) is 0 Å². The minimum atomic E-state index is -5.80. The monoisotopic (exact) mass is 632 g/mol. The SMILES string of the molecule is C[C-](C(=O)OC1CCC2CC(C(O)(C(F)(F)F)C(F)(F)F)CCC21)C12NI1N2.[Rh]. The molecule has 4 atom stereocenters. The maximum Gasteiger partial charge on any atom is 0 e. The molecular formula is C16H20F6IN2O3Rh-. The van der Waals surface area contributed by atoms with Crippen LogP contribution in [-0.4, -0.2) is 38.8 Å². The van der Waals surface area contributed by atoms with Crippen molar-refractivity contribution in [3.63, 3.8) is 0 Å². The molecule has 0 bridgehead atoms. The second-order valence-electron chi connectivity index (χ2n) is 7.97. The van der Waals surface area contributed by atoms with Crippen LogP contribution in [0.4, 0.5) is 26.3 Å². The van der Waals surface area contributed by atoms with Crippen molar-refractivity contribution in [2.45, 2.75) is 66.8 Å². The molecule has 2 saturated heterocycles. The van der Waals surface area contributed by atoms with Crippen LogP contribution in [0.2, 0.25) is 0 Å². The van der Waals surface area contributed by atoms with E-state index in [0.29, 0.717) is 18.8 Å². The summed E-state index contributed by atoms with van der Waals surface area (Å²) in [5, 5.41) is 9.67. The topological polar surface area (TPSA) is 90.4 Å². The number of carbonyl (C=O) groups excluding carboxylic acids is 1.